The van der Waals surface area contributed by atoms with Gasteiger partial charge in [0.15, 0.2) is 0 Å². The minimum Gasteiger partial charge on any atom is -0.354 e. The number of anilines is 2. The Hall–Kier alpha value is -1.36. The number of nitrogens with zero attached hydrogens (tertiary/aromatic N) is 3. The zero-order chi connectivity index (χ0) is 15.1. The summed E-state index contributed by atoms with van der Waals surface area (Å²) in [5.74, 6) is 8.28. The molecule has 5 nitrogen and oxygen atoms in total. The summed E-state index contributed by atoms with van der Waals surface area (Å²) in [6.07, 6.45) is 3.65. The number of nitrogen functional groups attached to an aromatic ring is 1. The van der Waals surface area contributed by atoms with E-state index in [0.717, 1.165) is 18.2 Å². The van der Waals surface area contributed by atoms with Crippen LogP contribution in [-0.2, 0) is 0 Å². The summed E-state index contributed by atoms with van der Waals surface area (Å²) in [4.78, 5) is 11.4. The summed E-state index contributed by atoms with van der Waals surface area (Å²) < 4.78 is 0. The molecule has 0 saturated carbocycles. The average Bonchev–Trinajstić information content (AvgIpc) is 2.42. The van der Waals surface area contributed by atoms with Gasteiger partial charge in [-0.15, -0.1) is 0 Å². The van der Waals surface area contributed by atoms with Gasteiger partial charge >= 0.3 is 0 Å². The van der Waals surface area contributed by atoms with Gasteiger partial charge in [-0.05, 0) is 20.3 Å². The van der Waals surface area contributed by atoms with E-state index in [2.05, 4.69) is 49.9 Å². The fourth-order valence-corrected chi connectivity index (χ4v) is 2.10. The highest BCUT2D eigenvalue weighted by atomic mass is 15.3. The van der Waals surface area contributed by atoms with Gasteiger partial charge in [-0.2, -0.15) is 0 Å². The fourth-order valence-electron chi connectivity index (χ4n) is 2.10. The molecule has 5 heteroatoms. The topological polar surface area (TPSA) is 67.1 Å². The minimum absolute atomic E-state index is 0.284. The Balaban J connectivity index is 3.02. The predicted molar refractivity (Wildman–Crippen MR) is 85.9 cm³/mol. The van der Waals surface area contributed by atoms with Crippen molar-refractivity contribution in [2.75, 3.05) is 16.9 Å². The summed E-state index contributed by atoms with van der Waals surface area (Å²) in [6.45, 7) is 11.8. The second-order valence-corrected chi connectivity index (χ2v) is 5.76. The Labute approximate surface area is 123 Å². The first-order valence-electron chi connectivity index (χ1n) is 7.61. The van der Waals surface area contributed by atoms with Crippen LogP contribution in [0.4, 0.5) is 11.6 Å². The number of hydrazine groups is 1. The van der Waals surface area contributed by atoms with Crippen molar-refractivity contribution in [3.63, 3.8) is 0 Å². The van der Waals surface area contributed by atoms with Crippen LogP contribution in [0.3, 0.4) is 0 Å². The highest BCUT2D eigenvalue weighted by Gasteiger charge is 2.15. The zero-order valence-corrected chi connectivity index (χ0v) is 13.5. The van der Waals surface area contributed by atoms with E-state index < -0.39 is 0 Å². The van der Waals surface area contributed by atoms with Crippen LogP contribution in [0, 0.1) is 0 Å². The second kappa shape index (κ2) is 8.04. The summed E-state index contributed by atoms with van der Waals surface area (Å²) in [5, 5.41) is 0. The van der Waals surface area contributed by atoms with E-state index in [-0.39, 0.29) is 5.92 Å². The Morgan fingerprint density at radius 1 is 1.20 bits per heavy atom. The monoisotopic (exact) mass is 279 g/mol. The fraction of sp³-hybridized carbons (Fsp3) is 0.733. The van der Waals surface area contributed by atoms with Crippen LogP contribution in [0.1, 0.15) is 65.6 Å². The lowest BCUT2D eigenvalue weighted by Crippen LogP contribution is -2.33. The molecule has 0 bridgehead atoms. The van der Waals surface area contributed by atoms with E-state index in [0.29, 0.717) is 11.9 Å². The van der Waals surface area contributed by atoms with Crippen molar-refractivity contribution in [3.8, 4) is 0 Å². The van der Waals surface area contributed by atoms with Crippen molar-refractivity contribution in [2.24, 2.45) is 5.84 Å². The minimum atomic E-state index is 0.284. The summed E-state index contributed by atoms with van der Waals surface area (Å²) >= 11 is 0. The molecular weight excluding hydrogens is 250 g/mol. The van der Waals surface area contributed by atoms with Crippen LogP contribution < -0.4 is 16.2 Å². The molecule has 0 aromatic carbocycles. The van der Waals surface area contributed by atoms with Crippen molar-refractivity contribution in [1.29, 1.82) is 0 Å². The van der Waals surface area contributed by atoms with Crippen molar-refractivity contribution >= 4 is 11.6 Å². The van der Waals surface area contributed by atoms with Crippen molar-refractivity contribution in [3.05, 3.63) is 11.9 Å². The van der Waals surface area contributed by atoms with E-state index in [1.807, 2.05) is 6.07 Å². The highest BCUT2D eigenvalue weighted by molar-refractivity contribution is 5.49. The predicted octanol–water partition coefficient (Wildman–Crippen LogP) is 3.29. The zero-order valence-electron chi connectivity index (χ0n) is 13.5. The molecule has 3 N–H and O–H groups in total. The van der Waals surface area contributed by atoms with E-state index >= 15 is 0 Å². The number of unbranched alkanes of at least 4 members (excludes halogenated alkanes) is 2. The first-order valence-corrected chi connectivity index (χ1v) is 7.61. The van der Waals surface area contributed by atoms with Crippen LogP contribution >= 0.6 is 0 Å². The lowest BCUT2D eigenvalue weighted by Gasteiger charge is -2.28. The third kappa shape index (κ3) is 4.63. The van der Waals surface area contributed by atoms with Gasteiger partial charge in [0, 0.05) is 24.6 Å². The number of nitrogens with one attached hydrogen (secondary N) is 1. The SMILES string of the molecule is CCCCCN(c1cc(NN)nc(C(C)C)n1)C(C)C. The molecule has 1 aromatic rings. The molecule has 20 heavy (non-hydrogen) atoms. The molecule has 0 saturated heterocycles. The second-order valence-electron chi connectivity index (χ2n) is 5.76. The maximum atomic E-state index is 5.53. The van der Waals surface area contributed by atoms with Gasteiger partial charge < -0.3 is 10.3 Å². The van der Waals surface area contributed by atoms with Gasteiger partial charge in [0.25, 0.3) is 0 Å². The van der Waals surface area contributed by atoms with Gasteiger partial charge in [0.05, 0.1) is 0 Å². The lowest BCUT2D eigenvalue weighted by molar-refractivity contribution is 0.615. The van der Waals surface area contributed by atoms with Crippen molar-refractivity contribution in [2.45, 2.75) is 65.8 Å². The quantitative estimate of drug-likeness (QED) is 0.434. The number of rotatable bonds is 8. The van der Waals surface area contributed by atoms with Crippen LogP contribution in [0.5, 0.6) is 0 Å². The molecule has 0 aliphatic carbocycles. The average molecular weight is 279 g/mol. The number of nitrogens with two attached hydrogens (primary N) is 1. The molecule has 0 atom stereocenters. The van der Waals surface area contributed by atoms with Crippen molar-refractivity contribution in [1.82, 2.24) is 9.97 Å². The van der Waals surface area contributed by atoms with E-state index in [1.54, 1.807) is 0 Å². The largest absolute Gasteiger partial charge is 0.354 e. The van der Waals surface area contributed by atoms with Gasteiger partial charge in [0.2, 0.25) is 0 Å². The standard InChI is InChI=1S/C15H29N5/c1-6-7-8-9-20(12(4)5)14-10-13(19-16)17-15(18-14)11(2)3/h10-12H,6-9,16H2,1-5H3,(H,17,18,19). The van der Waals surface area contributed by atoms with Crippen LogP contribution in [-0.4, -0.2) is 22.6 Å². The molecule has 0 unspecified atom stereocenters. The molecule has 0 fully saturated rings. The molecule has 0 aliphatic rings. The Bertz CT molecular complexity index is 403. The van der Waals surface area contributed by atoms with Gasteiger partial charge in [-0.25, -0.2) is 15.8 Å². The van der Waals surface area contributed by atoms with Crippen LogP contribution in [0.2, 0.25) is 0 Å². The smallest absolute Gasteiger partial charge is 0.145 e. The maximum absolute atomic E-state index is 5.53. The first kappa shape index (κ1) is 16.7. The van der Waals surface area contributed by atoms with E-state index in [9.17, 15) is 0 Å². The normalized spacial score (nSPS) is 11.2. The first-order chi connectivity index (χ1) is 9.49. The van der Waals surface area contributed by atoms with Crippen molar-refractivity contribution < 1.29 is 0 Å². The Morgan fingerprint density at radius 3 is 2.40 bits per heavy atom. The van der Waals surface area contributed by atoms with Gasteiger partial charge in [-0.3, -0.25) is 0 Å². The van der Waals surface area contributed by atoms with Gasteiger partial charge in [-0.1, -0.05) is 33.6 Å². The van der Waals surface area contributed by atoms with E-state index in [1.165, 1.54) is 19.3 Å². The summed E-state index contributed by atoms with van der Waals surface area (Å²) in [5.41, 5.74) is 2.65. The van der Waals surface area contributed by atoms with Crippen LogP contribution in [0.15, 0.2) is 6.07 Å². The Kier molecular flexibility index (Phi) is 6.71. The summed E-state index contributed by atoms with van der Waals surface area (Å²) in [6, 6.07) is 2.34. The number of hydrogen-bond donors (Lipinski definition) is 2. The molecule has 0 spiro atoms. The number of aromatic nitrogens is 2. The Morgan fingerprint density at radius 2 is 1.90 bits per heavy atom. The molecule has 0 radical (unpaired) electrons. The number of hydrogen-bond acceptors (Lipinski definition) is 5. The third-order valence-corrected chi connectivity index (χ3v) is 3.31. The molecule has 1 heterocycles. The third-order valence-electron chi connectivity index (χ3n) is 3.31. The highest BCUT2D eigenvalue weighted by Crippen LogP contribution is 2.21. The summed E-state index contributed by atoms with van der Waals surface area (Å²) in [7, 11) is 0. The van der Waals surface area contributed by atoms with E-state index in [4.69, 9.17) is 10.8 Å². The maximum Gasteiger partial charge on any atom is 0.145 e. The molecular formula is C15H29N5. The van der Waals surface area contributed by atoms with Gasteiger partial charge in [0.1, 0.15) is 17.5 Å². The molecule has 1 aromatic heterocycles. The lowest BCUT2D eigenvalue weighted by atomic mass is 10.2. The van der Waals surface area contributed by atoms with Crippen LogP contribution in [0.25, 0.3) is 0 Å². The molecule has 0 amide bonds. The molecule has 114 valence electrons. The molecule has 0 aliphatic heterocycles. The molecule has 1 rings (SSSR count).